The summed E-state index contributed by atoms with van der Waals surface area (Å²) >= 11 is 0. The molecule has 0 unspecified atom stereocenters. The van der Waals surface area contributed by atoms with Gasteiger partial charge in [-0.05, 0) is 13.8 Å². The van der Waals surface area contributed by atoms with Crippen molar-refractivity contribution >= 4 is 5.97 Å². The van der Waals surface area contributed by atoms with Gasteiger partial charge in [0, 0.05) is 6.92 Å². The molecular weight excluding hydrogens is 216 g/mol. The summed E-state index contributed by atoms with van der Waals surface area (Å²) in [4.78, 5) is 10.6. The van der Waals surface area contributed by atoms with E-state index in [4.69, 9.17) is 18.9 Å². The van der Waals surface area contributed by atoms with Gasteiger partial charge in [-0.2, -0.15) is 0 Å². The van der Waals surface area contributed by atoms with Crippen molar-refractivity contribution in [2.24, 2.45) is 0 Å². The highest BCUT2D eigenvalue weighted by Gasteiger charge is 2.54. The number of hydrogen-bond donors (Lipinski definition) is 1. The van der Waals surface area contributed by atoms with Crippen LogP contribution in [0.4, 0.5) is 0 Å². The third-order valence-electron chi connectivity index (χ3n) is 2.57. The molecular formula is C10H16O6. The van der Waals surface area contributed by atoms with Crippen molar-refractivity contribution < 1.29 is 28.8 Å². The SMILES string of the molecule is CC(=O)OC[C@H]1O[C@H]2OC(C)(C)O[C@@H]2[C@H]1O. The van der Waals surface area contributed by atoms with E-state index in [9.17, 15) is 9.90 Å². The molecule has 0 bridgehead atoms. The second-order valence-electron chi connectivity index (χ2n) is 4.44. The molecule has 92 valence electrons. The molecule has 0 aromatic heterocycles. The second-order valence-corrected chi connectivity index (χ2v) is 4.44. The Hall–Kier alpha value is -0.690. The fourth-order valence-corrected chi connectivity index (χ4v) is 1.90. The van der Waals surface area contributed by atoms with Crippen molar-refractivity contribution in [3.63, 3.8) is 0 Å². The van der Waals surface area contributed by atoms with Crippen molar-refractivity contribution in [3.05, 3.63) is 0 Å². The fraction of sp³-hybridized carbons (Fsp3) is 0.900. The molecule has 2 rings (SSSR count). The van der Waals surface area contributed by atoms with Crippen LogP contribution in [-0.4, -0.2) is 48.1 Å². The first-order valence-corrected chi connectivity index (χ1v) is 5.21. The molecule has 6 nitrogen and oxygen atoms in total. The molecule has 1 N–H and O–H groups in total. The minimum Gasteiger partial charge on any atom is -0.463 e. The number of aliphatic hydroxyl groups is 1. The molecule has 2 fully saturated rings. The molecule has 0 aromatic rings. The van der Waals surface area contributed by atoms with Crippen molar-refractivity contribution in [3.8, 4) is 0 Å². The highest BCUT2D eigenvalue weighted by molar-refractivity contribution is 5.65. The zero-order chi connectivity index (χ0) is 11.9. The molecule has 0 aliphatic carbocycles. The summed E-state index contributed by atoms with van der Waals surface area (Å²) < 4.78 is 21.1. The second kappa shape index (κ2) is 3.96. The van der Waals surface area contributed by atoms with Crippen LogP contribution in [0.15, 0.2) is 0 Å². The van der Waals surface area contributed by atoms with Gasteiger partial charge in [0.2, 0.25) is 0 Å². The summed E-state index contributed by atoms with van der Waals surface area (Å²) in [5, 5.41) is 9.88. The van der Waals surface area contributed by atoms with E-state index >= 15 is 0 Å². The minimum atomic E-state index is -0.842. The Balaban J connectivity index is 1.92. The van der Waals surface area contributed by atoms with E-state index in [2.05, 4.69) is 0 Å². The first-order chi connectivity index (χ1) is 7.39. The van der Waals surface area contributed by atoms with Crippen LogP contribution in [0.5, 0.6) is 0 Å². The van der Waals surface area contributed by atoms with E-state index in [0.29, 0.717) is 0 Å². The van der Waals surface area contributed by atoms with E-state index in [1.165, 1.54) is 6.92 Å². The van der Waals surface area contributed by atoms with Crippen molar-refractivity contribution in [1.82, 2.24) is 0 Å². The standard InChI is InChI=1S/C10H16O6/c1-5(11)13-4-6-7(12)8-9(14-6)16-10(2,3)15-8/h6-9,12H,4H2,1-3H3/t6-,7+,8-,9+/m1/s1. The lowest BCUT2D eigenvalue weighted by molar-refractivity contribution is -0.220. The zero-order valence-electron chi connectivity index (χ0n) is 9.50. The zero-order valence-corrected chi connectivity index (χ0v) is 9.50. The monoisotopic (exact) mass is 232 g/mol. The van der Waals surface area contributed by atoms with Crippen LogP contribution in [0.25, 0.3) is 0 Å². The Morgan fingerprint density at radius 2 is 2.12 bits per heavy atom. The molecule has 0 spiro atoms. The van der Waals surface area contributed by atoms with Crippen LogP contribution in [0.1, 0.15) is 20.8 Å². The lowest BCUT2D eigenvalue weighted by atomic mass is 10.1. The molecule has 6 heteroatoms. The fourth-order valence-electron chi connectivity index (χ4n) is 1.90. The Morgan fingerprint density at radius 1 is 1.44 bits per heavy atom. The predicted molar refractivity (Wildman–Crippen MR) is 51.3 cm³/mol. The number of rotatable bonds is 2. The molecule has 2 saturated heterocycles. The number of carbonyl (C=O) groups excluding carboxylic acids is 1. The number of aliphatic hydroxyl groups excluding tert-OH is 1. The Morgan fingerprint density at radius 3 is 2.69 bits per heavy atom. The van der Waals surface area contributed by atoms with E-state index in [1.807, 2.05) is 0 Å². The van der Waals surface area contributed by atoms with Crippen LogP contribution in [0.3, 0.4) is 0 Å². The van der Waals surface area contributed by atoms with Gasteiger partial charge in [-0.3, -0.25) is 4.79 Å². The molecule has 4 atom stereocenters. The van der Waals surface area contributed by atoms with Gasteiger partial charge in [0.25, 0.3) is 0 Å². The molecule has 2 aliphatic rings. The number of hydrogen-bond acceptors (Lipinski definition) is 6. The van der Waals surface area contributed by atoms with Gasteiger partial charge in [0.1, 0.15) is 24.9 Å². The highest BCUT2D eigenvalue weighted by Crippen LogP contribution is 2.37. The summed E-state index contributed by atoms with van der Waals surface area (Å²) in [7, 11) is 0. The van der Waals surface area contributed by atoms with Gasteiger partial charge < -0.3 is 24.1 Å². The number of carbonyl (C=O) groups is 1. The van der Waals surface area contributed by atoms with Gasteiger partial charge in [0.15, 0.2) is 12.1 Å². The topological polar surface area (TPSA) is 74.2 Å². The summed E-state index contributed by atoms with van der Waals surface area (Å²) in [5.41, 5.74) is 0. The van der Waals surface area contributed by atoms with E-state index in [-0.39, 0.29) is 6.61 Å². The van der Waals surface area contributed by atoms with Crippen LogP contribution in [0.2, 0.25) is 0 Å². The molecule has 0 radical (unpaired) electrons. The number of fused-ring (bicyclic) bond motifs is 1. The van der Waals surface area contributed by atoms with Gasteiger partial charge in [0.05, 0.1) is 0 Å². The highest BCUT2D eigenvalue weighted by atomic mass is 16.8. The average molecular weight is 232 g/mol. The first kappa shape index (κ1) is 11.8. The van der Waals surface area contributed by atoms with E-state index in [1.54, 1.807) is 13.8 Å². The summed E-state index contributed by atoms with van der Waals surface area (Å²) in [6, 6.07) is 0. The Labute approximate surface area is 93.4 Å². The third-order valence-corrected chi connectivity index (χ3v) is 2.57. The van der Waals surface area contributed by atoms with Crippen LogP contribution in [-0.2, 0) is 23.7 Å². The molecule has 0 amide bonds. The van der Waals surface area contributed by atoms with Crippen molar-refractivity contribution in [1.29, 1.82) is 0 Å². The first-order valence-electron chi connectivity index (χ1n) is 5.21. The normalized spacial score (nSPS) is 40.8. The quantitative estimate of drug-likeness (QED) is 0.664. The molecule has 0 aromatic carbocycles. The molecule has 0 saturated carbocycles. The summed E-state index contributed by atoms with van der Waals surface area (Å²) in [6.07, 6.45) is -2.54. The smallest absolute Gasteiger partial charge is 0.302 e. The number of esters is 1. The maximum Gasteiger partial charge on any atom is 0.302 e. The lowest BCUT2D eigenvalue weighted by Crippen LogP contribution is -2.36. The molecule has 2 aliphatic heterocycles. The van der Waals surface area contributed by atoms with Gasteiger partial charge in [-0.15, -0.1) is 0 Å². The Bertz CT molecular complexity index is 289. The molecule has 16 heavy (non-hydrogen) atoms. The maximum atomic E-state index is 10.6. The number of ether oxygens (including phenoxy) is 4. The van der Waals surface area contributed by atoms with E-state index in [0.717, 1.165) is 0 Å². The van der Waals surface area contributed by atoms with Crippen LogP contribution < -0.4 is 0 Å². The third kappa shape index (κ3) is 2.20. The van der Waals surface area contributed by atoms with Gasteiger partial charge >= 0.3 is 5.97 Å². The van der Waals surface area contributed by atoms with Crippen molar-refractivity contribution in [2.75, 3.05) is 6.61 Å². The van der Waals surface area contributed by atoms with Crippen LogP contribution >= 0.6 is 0 Å². The minimum absolute atomic E-state index is 0.0106. The average Bonchev–Trinajstić information content (AvgIpc) is 2.58. The lowest BCUT2D eigenvalue weighted by Gasteiger charge is -2.22. The maximum absolute atomic E-state index is 10.6. The Kier molecular flexibility index (Phi) is 2.91. The largest absolute Gasteiger partial charge is 0.463 e. The van der Waals surface area contributed by atoms with Crippen molar-refractivity contribution in [2.45, 2.75) is 51.2 Å². The summed E-state index contributed by atoms with van der Waals surface area (Å²) in [5.74, 6) is -1.15. The summed E-state index contributed by atoms with van der Waals surface area (Å²) in [6.45, 7) is 4.82. The van der Waals surface area contributed by atoms with Gasteiger partial charge in [-0.25, -0.2) is 0 Å². The van der Waals surface area contributed by atoms with Gasteiger partial charge in [-0.1, -0.05) is 0 Å². The predicted octanol–water partition coefficient (Wildman–Crippen LogP) is -0.213. The molecule has 2 heterocycles. The van der Waals surface area contributed by atoms with E-state index < -0.39 is 36.4 Å². The van der Waals surface area contributed by atoms with Crippen LogP contribution in [0, 0.1) is 0 Å².